The summed E-state index contributed by atoms with van der Waals surface area (Å²) in [4.78, 5) is 12.6. The minimum absolute atomic E-state index is 0.0368. The van der Waals surface area contributed by atoms with Gasteiger partial charge in [0.1, 0.15) is 18.0 Å². The van der Waals surface area contributed by atoms with Gasteiger partial charge in [0.15, 0.2) is 5.82 Å². The molecule has 10 heteroatoms. The summed E-state index contributed by atoms with van der Waals surface area (Å²) in [6.07, 6.45) is 11.1. The molecule has 0 radical (unpaired) electrons. The lowest BCUT2D eigenvalue weighted by Gasteiger charge is -2.40. The largest absolute Gasteiger partial charge is 0.363 e. The van der Waals surface area contributed by atoms with Crippen molar-refractivity contribution in [3.8, 4) is 17.2 Å². The Bertz CT molecular complexity index is 1370. The van der Waals surface area contributed by atoms with Crippen LogP contribution in [0.4, 0.5) is 8.78 Å². The third kappa shape index (κ3) is 5.09. The zero-order valence-electron chi connectivity index (χ0n) is 21.1. The van der Waals surface area contributed by atoms with Crippen LogP contribution in [-0.4, -0.2) is 31.3 Å². The number of halogens is 3. The molecule has 37 heavy (non-hydrogen) atoms. The van der Waals surface area contributed by atoms with Crippen molar-refractivity contribution < 1.29 is 13.5 Å². The Morgan fingerprint density at radius 1 is 1.27 bits per heavy atom. The predicted octanol–water partition coefficient (Wildman–Crippen LogP) is 7.46. The molecule has 0 bridgehead atoms. The van der Waals surface area contributed by atoms with E-state index in [9.17, 15) is 8.78 Å². The molecule has 4 aromatic heterocycles. The van der Waals surface area contributed by atoms with Crippen LogP contribution in [0.2, 0.25) is 4.34 Å². The number of imidazole rings is 1. The molecule has 1 aliphatic rings. The number of fused-ring (bicyclic) bond motifs is 1. The summed E-state index contributed by atoms with van der Waals surface area (Å²) >= 11 is 7.43. The number of nitrogens with zero attached hydrogens (tertiary/aromatic N) is 4. The van der Waals surface area contributed by atoms with Crippen LogP contribution >= 0.6 is 22.9 Å². The topological polar surface area (TPSA) is 68.6 Å². The average Bonchev–Trinajstić information content (AvgIpc) is 3.62. The summed E-state index contributed by atoms with van der Waals surface area (Å²) in [6, 6.07) is 5.26. The van der Waals surface area contributed by atoms with E-state index in [0.29, 0.717) is 33.8 Å². The van der Waals surface area contributed by atoms with Gasteiger partial charge in [-0.3, -0.25) is 0 Å². The molecule has 0 aliphatic carbocycles. The maximum atomic E-state index is 14.6. The quantitative estimate of drug-likeness (QED) is 0.237. The van der Waals surface area contributed by atoms with Crippen molar-refractivity contribution in [3.63, 3.8) is 0 Å². The summed E-state index contributed by atoms with van der Waals surface area (Å²) in [6.45, 7) is 5.64. The molecule has 1 N–H and O–H groups in total. The second-order valence-electron chi connectivity index (χ2n) is 9.88. The van der Waals surface area contributed by atoms with Crippen LogP contribution in [0.5, 0.6) is 0 Å². The molecule has 0 saturated heterocycles. The van der Waals surface area contributed by atoms with E-state index in [1.807, 2.05) is 25.3 Å². The fourth-order valence-electron chi connectivity index (χ4n) is 5.18. The van der Waals surface area contributed by atoms with Gasteiger partial charge in [-0.05, 0) is 62.3 Å². The Hall–Kier alpha value is -2.62. The molecule has 0 aromatic carbocycles. The lowest BCUT2D eigenvalue weighted by atomic mass is 9.82. The van der Waals surface area contributed by atoms with Gasteiger partial charge in [-0.2, -0.15) is 13.9 Å². The molecule has 0 fully saturated rings. The highest BCUT2D eigenvalue weighted by atomic mass is 35.5. The summed E-state index contributed by atoms with van der Waals surface area (Å²) in [5.74, 6) is -1.27. The SMILES string of the molecule is CCCC1(CCC(C)Cc2cn(-c3ncccc3-c3ncc[nH]3)nc2C)OCC(F)(F)c2cc(Cl)sc21. The van der Waals surface area contributed by atoms with Gasteiger partial charge >= 0.3 is 0 Å². The van der Waals surface area contributed by atoms with Crippen molar-refractivity contribution >= 4 is 22.9 Å². The summed E-state index contributed by atoms with van der Waals surface area (Å²) in [5.41, 5.74) is 2.25. The van der Waals surface area contributed by atoms with Crippen LogP contribution in [-0.2, 0) is 22.7 Å². The van der Waals surface area contributed by atoms with E-state index >= 15 is 0 Å². The van der Waals surface area contributed by atoms with Crippen molar-refractivity contribution in [2.24, 2.45) is 5.92 Å². The van der Waals surface area contributed by atoms with Crippen molar-refractivity contribution in [2.45, 2.75) is 64.4 Å². The van der Waals surface area contributed by atoms with Crippen LogP contribution in [0.3, 0.4) is 0 Å². The van der Waals surface area contributed by atoms with Crippen LogP contribution in [0.15, 0.2) is 43.0 Å². The number of aryl methyl sites for hydroxylation is 1. The lowest BCUT2D eigenvalue weighted by Crippen LogP contribution is -2.41. The number of rotatable bonds is 9. The fourth-order valence-corrected chi connectivity index (χ4v) is 6.66. The Balaban J connectivity index is 1.33. The number of nitrogens with one attached hydrogen (secondary N) is 1. The maximum Gasteiger partial charge on any atom is 0.297 e. The van der Waals surface area contributed by atoms with E-state index in [1.165, 1.54) is 17.4 Å². The molecule has 5 rings (SSSR count). The first kappa shape index (κ1) is 26.0. The first-order chi connectivity index (χ1) is 17.7. The number of hydrogen-bond acceptors (Lipinski definition) is 5. The number of hydrogen-bond donors (Lipinski definition) is 1. The van der Waals surface area contributed by atoms with E-state index in [2.05, 4.69) is 28.8 Å². The molecular formula is C27H30ClF2N5OS. The number of thiophene rings is 1. The highest BCUT2D eigenvalue weighted by Crippen LogP contribution is 2.52. The summed E-state index contributed by atoms with van der Waals surface area (Å²) in [5, 5.41) is 4.74. The molecule has 4 aromatic rings. The summed E-state index contributed by atoms with van der Waals surface area (Å²) in [7, 11) is 0. The van der Waals surface area contributed by atoms with E-state index in [4.69, 9.17) is 21.4 Å². The van der Waals surface area contributed by atoms with Gasteiger partial charge in [-0.15, -0.1) is 11.3 Å². The normalized spacial score (nSPS) is 19.6. The number of H-pyrrole nitrogens is 1. The third-order valence-electron chi connectivity index (χ3n) is 7.06. The average molecular weight is 546 g/mol. The van der Waals surface area contributed by atoms with Crippen LogP contribution in [0, 0.1) is 12.8 Å². The van der Waals surface area contributed by atoms with Crippen molar-refractivity contribution in [1.82, 2.24) is 24.7 Å². The van der Waals surface area contributed by atoms with Gasteiger partial charge in [-0.25, -0.2) is 14.6 Å². The molecule has 1 aliphatic heterocycles. The maximum absolute atomic E-state index is 14.6. The Kier molecular flexibility index (Phi) is 7.22. The minimum atomic E-state index is -3.01. The standard InChI is InChI=1S/C27H30ClF2N5OS/c1-4-8-26(23-21(14-22(28)37-23)27(29,30)16-36-26)9-7-17(2)13-19-15-35(34-18(19)3)25-20(6-5-10-33-25)24-31-11-12-32-24/h5-6,10-12,14-15,17H,4,7-9,13,16H2,1-3H3,(H,31,32). The molecule has 196 valence electrons. The van der Waals surface area contributed by atoms with Crippen LogP contribution < -0.4 is 0 Å². The van der Waals surface area contributed by atoms with Gasteiger partial charge in [0.05, 0.1) is 15.6 Å². The van der Waals surface area contributed by atoms with Crippen LogP contribution in [0.25, 0.3) is 17.2 Å². The molecule has 0 amide bonds. The number of ether oxygens (including phenoxy) is 1. The van der Waals surface area contributed by atoms with E-state index in [0.717, 1.165) is 41.9 Å². The monoisotopic (exact) mass is 545 g/mol. The van der Waals surface area contributed by atoms with Crippen LogP contribution in [0.1, 0.15) is 61.2 Å². The Labute approximate surface area is 224 Å². The summed E-state index contributed by atoms with van der Waals surface area (Å²) < 4.78 is 37.3. The fraction of sp³-hybridized carbons (Fsp3) is 0.444. The second-order valence-corrected chi connectivity index (χ2v) is 11.6. The third-order valence-corrected chi connectivity index (χ3v) is 8.51. The first-order valence-electron chi connectivity index (χ1n) is 12.5. The number of aromatic amines is 1. The molecule has 6 nitrogen and oxygen atoms in total. The minimum Gasteiger partial charge on any atom is -0.363 e. The lowest BCUT2D eigenvalue weighted by molar-refractivity contribution is -0.173. The van der Waals surface area contributed by atoms with Gasteiger partial charge in [0, 0.05) is 35.2 Å². The van der Waals surface area contributed by atoms with Gasteiger partial charge < -0.3 is 9.72 Å². The van der Waals surface area contributed by atoms with E-state index in [-0.39, 0.29) is 5.56 Å². The van der Waals surface area contributed by atoms with E-state index in [1.54, 1.807) is 23.3 Å². The highest BCUT2D eigenvalue weighted by Gasteiger charge is 2.50. The van der Waals surface area contributed by atoms with Crippen molar-refractivity contribution in [2.75, 3.05) is 6.61 Å². The zero-order valence-corrected chi connectivity index (χ0v) is 22.7. The predicted molar refractivity (Wildman–Crippen MR) is 142 cm³/mol. The molecule has 0 spiro atoms. The smallest absolute Gasteiger partial charge is 0.297 e. The highest BCUT2D eigenvalue weighted by molar-refractivity contribution is 7.16. The van der Waals surface area contributed by atoms with Crippen molar-refractivity contribution in [1.29, 1.82) is 0 Å². The van der Waals surface area contributed by atoms with Gasteiger partial charge in [0.2, 0.25) is 0 Å². The molecular weight excluding hydrogens is 516 g/mol. The molecule has 0 saturated carbocycles. The Morgan fingerprint density at radius 2 is 2.11 bits per heavy atom. The second kappa shape index (κ2) is 10.3. The van der Waals surface area contributed by atoms with Crippen molar-refractivity contribution in [3.05, 3.63) is 69.0 Å². The zero-order chi connectivity index (χ0) is 26.2. The number of pyridine rings is 1. The Morgan fingerprint density at radius 3 is 2.86 bits per heavy atom. The first-order valence-corrected chi connectivity index (χ1v) is 13.7. The van der Waals surface area contributed by atoms with Gasteiger partial charge in [-0.1, -0.05) is 31.9 Å². The molecule has 2 atom stereocenters. The molecule has 2 unspecified atom stereocenters. The van der Waals surface area contributed by atoms with E-state index < -0.39 is 18.1 Å². The number of alkyl halides is 2. The number of aromatic nitrogens is 5. The molecule has 5 heterocycles. The van der Waals surface area contributed by atoms with Gasteiger partial charge in [0.25, 0.3) is 5.92 Å².